The van der Waals surface area contributed by atoms with Gasteiger partial charge in [0.25, 0.3) is 0 Å². The molecule has 2 rings (SSSR count). The van der Waals surface area contributed by atoms with Crippen LogP contribution in [0.15, 0.2) is 30.3 Å². The van der Waals surface area contributed by atoms with Crippen LogP contribution in [0.5, 0.6) is 0 Å². The molecule has 94 valence electrons. The second-order valence-electron chi connectivity index (χ2n) is 5.28. The second kappa shape index (κ2) is 6.80. The van der Waals surface area contributed by atoms with Crippen molar-refractivity contribution in [3.63, 3.8) is 0 Å². The van der Waals surface area contributed by atoms with Gasteiger partial charge < -0.3 is 5.32 Å². The van der Waals surface area contributed by atoms with Gasteiger partial charge in [-0.25, -0.2) is 0 Å². The van der Waals surface area contributed by atoms with E-state index in [0.717, 1.165) is 18.4 Å². The maximum Gasteiger partial charge on any atom is -0.00180 e. The van der Waals surface area contributed by atoms with Crippen LogP contribution < -0.4 is 5.32 Å². The highest BCUT2D eigenvalue weighted by molar-refractivity contribution is 5.14. The molecule has 1 fully saturated rings. The van der Waals surface area contributed by atoms with Crippen LogP contribution in [-0.2, 0) is 6.42 Å². The third-order valence-electron chi connectivity index (χ3n) is 4.11. The summed E-state index contributed by atoms with van der Waals surface area (Å²) in [4.78, 5) is 0. The maximum atomic E-state index is 3.49. The molecule has 0 amide bonds. The van der Waals surface area contributed by atoms with Crippen molar-refractivity contribution in [1.82, 2.24) is 5.32 Å². The van der Waals surface area contributed by atoms with E-state index in [1.54, 1.807) is 0 Å². The lowest BCUT2D eigenvalue weighted by molar-refractivity contribution is 0.158. The van der Waals surface area contributed by atoms with Crippen LogP contribution in [0.3, 0.4) is 0 Å². The molecule has 1 aliphatic rings. The highest BCUT2D eigenvalue weighted by Crippen LogP contribution is 2.37. The van der Waals surface area contributed by atoms with E-state index >= 15 is 0 Å². The molecule has 0 heterocycles. The Bertz CT molecular complexity index is 307. The lowest BCUT2D eigenvalue weighted by Crippen LogP contribution is -2.35. The fraction of sp³-hybridized carbons (Fsp3) is 0.625. The predicted octanol–water partition coefficient (Wildman–Crippen LogP) is 3.65. The van der Waals surface area contributed by atoms with Crippen LogP contribution in [0.1, 0.15) is 38.2 Å². The van der Waals surface area contributed by atoms with Gasteiger partial charge in [0.1, 0.15) is 0 Å². The molecule has 1 N–H and O–H groups in total. The first kappa shape index (κ1) is 12.6. The number of nitrogens with one attached hydrogen (secondary N) is 1. The van der Waals surface area contributed by atoms with Gasteiger partial charge in [-0.2, -0.15) is 0 Å². The van der Waals surface area contributed by atoms with Gasteiger partial charge in [-0.05, 0) is 62.6 Å². The largest absolute Gasteiger partial charge is 0.317 e. The van der Waals surface area contributed by atoms with Crippen molar-refractivity contribution in [2.45, 2.75) is 39.0 Å². The summed E-state index contributed by atoms with van der Waals surface area (Å²) in [5, 5.41) is 3.49. The Balaban J connectivity index is 1.62. The minimum absolute atomic E-state index is 0.964. The quantitative estimate of drug-likeness (QED) is 0.755. The van der Waals surface area contributed by atoms with E-state index in [2.05, 4.69) is 42.6 Å². The fourth-order valence-corrected chi connectivity index (χ4v) is 2.83. The summed E-state index contributed by atoms with van der Waals surface area (Å²) in [5.74, 6) is 1.96. The summed E-state index contributed by atoms with van der Waals surface area (Å²) in [6.07, 6.45) is 6.95. The average Bonchev–Trinajstić information content (AvgIpc) is 2.35. The SMILES string of the molecule is CCNCC1CCC1CCCc1ccccc1. The Morgan fingerprint density at radius 3 is 2.53 bits per heavy atom. The van der Waals surface area contributed by atoms with Gasteiger partial charge in [0.05, 0.1) is 0 Å². The van der Waals surface area contributed by atoms with E-state index in [1.807, 2.05) is 0 Å². The van der Waals surface area contributed by atoms with Crippen LogP contribution in [-0.4, -0.2) is 13.1 Å². The summed E-state index contributed by atoms with van der Waals surface area (Å²) in [7, 11) is 0. The van der Waals surface area contributed by atoms with Gasteiger partial charge in [-0.1, -0.05) is 37.3 Å². The van der Waals surface area contributed by atoms with Crippen LogP contribution >= 0.6 is 0 Å². The summed E-state index contributed by atoms with van der Waals surface area (Å²) >= 11 is 0. The molecular weight excluding hydrogens is 206 g/mol. The first-order valence-electron chi connectivity index (χ1n) is 7.14. The maximum absolute atomic E-state index is 3.49. The lowest BCUT2D eigenvalue weighted by atomic mass is 9.71. The number of hydrogen-bond acceptors (Lipinski definition) is 1. The minimum atomic E-state index is 0.964. The Kier molecular flexibility index (Phi) is 5.06. The molecule has 0 aromatic heterocycles. The molecule has 1 aromatic carbocycles. The molecule has 0 bridgehead atoms. The van der Waals surface area contributed by atoms with E-state index in [9.17, 15) is 0 Å². The zero-order chi connectivity index (χ0) is 11.9. The van der Waals surface area contributed by atoms with Crippen LogP contribution in [0, 0.1) is 11.8 Å². The van der Waals surface area contributed by atoms with Crippen molar-refractivity contribution in [1.29, 1.82) is 0 Å². The van der Waals surface area contributed by atoms with E-state index in [1.165, 1.54) is 44.2 Å². The molecule has 0 aliphatic heterocycles. The fourth-order valence-electron chi connectivity index (χ4n) is 2.83. The second-order valence-corrected chi connectivity index (χ2v) is 5.28. The molecule has 1 nitrogen and oxygen atoms in total. The Hall–Kier alpha value is -0.820. The highest BCUT2D eigenvalue weighted by Gasteiger charge is 2.29. The monoisotopic (exact) mass is 231 g/mol. The first-order valence-corrected chi connectivity index (χ1v) is 7.14. The normalized spacial score (nSPS) is 23.4. The topological polar surface area (TPSA) is 12.0 Å². The van der Waals surface area contributed by atoms with E-state index in [0.29, 0.717) is 0 Å². The van der Waals surface area contributed by atoms with Gasteiger partial charge in [0.2, 0.25) is 0 Å². The predicted molar refractivity (Wildman–Crippen MR) is 74.1 cm³/mol. The molecule has 1 aromatic rings. The standard InChI is InChI=1S/C16H25N/c1-2-17-13-16-12-11-15(16)10-6-9-14-7-4-3-5-8-14/h3-5,7-8,15-17H,2,6,9-13H2,1H3. The molecule has 1 saturated carbocycles. The van der Waals surface area contributed by atoms with Gasteiger partial charge in [-0.15, -0.1) is 0 Å². The van der Waals surface area contributed by atoms with Crippen LogP contribution in [0.4, 0.5) is 0 Å². The molecular formula is C16H25N. The van der Waals surface area contributed by atoms with Crippen molar-refractivity contribution >= 4 is 0 Å². The third-order valence-corrected chi connectivity index (χ3v) is 4.11. The highest BCUT2D eigenvalue weighted by atomic mass is 14.9. The first-order chi connectivity index (χ1) is 8.40. The van der Waals surface area contributed by atoms with Crippen LogP contribution in [0.25, 0.3) is 0 Å². The van der Waals surface area contributed by atoms with E-state index < -0.39 is 0 Å². The number of aryl methyl sites for hydroxylation is 1. The van der Waals surface area contributed by atoms with Gasteiger partial charge in [0.15, 0.2) is 0 Å². The number of benzene rings is 1. The lowest BCUT2D eigenvalue weighted by Gasteiger charge is -2.37. The molecule has 0 saturated heterocycles. The molecule has 2 atom stereocenters. The molecule has 0 spiro atoms. The van der Waals surface area contributed by atoms with Crippen molar-refractivity contribution in [2.75, 3.05) is 13.1 Å². The van der Waals surface area contributed by atoms with Gasteiger partial charge in [-0.3, -0.25) is 0 Å². The number of hydrogen-bond donors (Lipinski definition) is 1. The van der Waals surface area contributed by atoms with Crippen molar-refractivity contribution in [3.05, 3.63) is 35.9 Å². The van der Waals surface area contributed by atoms with Gasteiger partial charge >= 0.3 is 0 Å². The smallest absolute Gasteiger partial charge is 0.00180 e. The average molecular weight is 231 g/mol. The summed E-state index contributed by atoms with van der Waals surface area (Å²) < 4.78 is 0. The molecule has 1 aliphatic carbocycles. The molecule has 2 unspecified atom stereocenters. The Morgan fingerprint density at radius 1 is 1.12 bits per heavy atom. The zero-order valence-corrected chi connectivity index (χ0v) is 11.0. The Labute approximate surface area is 106 Å². The minimum Gasteiger partial charge on any atom is -0.317 e. The molecule has 0 radical (unpaired) electrons. The van der Waals surface area contributed by atoms with E-state index in [4.69, 9.17) is 0 Å². The summed E-state index contributed by atoms with van der Waals surface area (Å²) in [5.41, 5.74) is 1.50. The van der Waals surface area contributed by atoms with E-state index in [-0.39, 0.29) is 0 Å². The molecule has 17 heavy (non-hydrogen) atoms. The van der Waals surface area contributed by atoms with Crippen LogP contribution in [0.2, 0.25) is 0 Å². The van der Waals surface area contributed by atoms with Gasteiger partial charge in [0, 0.05) is 0 Å². The number of rotatable bonds is 7. The Morgan fingerprint density at radius 2 is 1.88 bits per heavy atom. The van der Waals surface area contributed by atoms with Crippen molar-refractivity contribution in [2.24, 2.45) is 11.8 Å². The zero-order valence-electron chi connectivity index (χ0n) is 11.0. The summed E-state index contributed by atoms with van der Waals surface area (Å²) in [6, 6.07) is 10.9. The van der Waals surface area contributed by atoms with Crippen molar-refractivity contribution in [3.8, 4) is 0 Å². The van der Waals surface area contributed by atoms with Crippen molar-refractivity contribution < 1.29 is 0 Å². The third kappa shape index (κ3) is 3.85. The molecule has 1 heteroatoms. The summed E-state index contributed by atoms with van der Waals surface area (Å²) in [6.45, 7) is 4.56.